The first-order valence-electron chi connectivity index (χ1n) is 9.74. The summed E-state index contributed by atoms with van der Waals surface area (Å²) in [5, 5.41) is 3.26. The van der Waals surface area contributed by atoms with E-state index in [4.69, 9.17) is 34.0 Å². The molecule has 1 heterocycles. The minimum atomic E-state index is -1.55. The van der Waals surface area contributed by atoms with Gasteiger partial charge < -0.3 is 33.2 Å². The van der Waals surface area contributed by atoms with Crippen LogP contribution in [0, 0.1) is 0 Å². The van der Waals surface area contributed by atoms with Crippen molar-refractivity contribution in [1.82, 2.24) is 0 Å². The smallest absolute Gasteiger partial charge is 0.336 e. The molecule has 0 aromatic rings. The summed E-state index contributed by atoms with van der Waals surface area (Å²) < 4.78 is 36.4. The molecule has 15 nitrogen and oxygen atoms in total. The first-order valence-corrected chi connectivity index (χ1v) is 9.74. The Morgan fingerprint density at radius 3 is 1.97 bits per heavy atom. The molecule has 0 bridgehead atoms. The number of azide groups is 1. The Kier molecular flexibility index (Phi) is 11.3. The van der Waals surface area contributed by atoms with Gasteiger partial charge in [0, 0.05) is 32.6 Å². The summed E-state index contributed by atoms with van der Waals surface area (Å²) >= 11 is 0. The molecule has 0 saturated carbocycles. The minimum Gasteiger partial charge on any atom is -0.468 e. The van der Waals surface area contributed by atoms with Gasteiger partial charge in [-0.15, -0.1) is 0 Å². The lowest BCUT2D eigenvalue weighted by molar-refractivity contribution is -0.297. The third-order valence-corrected chi connectivity index (χ3v) is 4.04. The van der Waals surface area contributed by atoms with Crippen molar-refractivity contribution in [3.05, 3.63) is 22.3 Å². The highest BCUT2D eigenvalue weighted by molar-refractivity contribution is 5.88. The predicted octanol–water partition coefficient (Wildman–Crippen LogP) is 0.453. The molecule has 5 atom stereocenters. The number of methoxy groups -OCH3 is 1. The van der Waals surface area contributed by atoms with Crippen molar-refractivity contribution in [2.75, 3.05) is 20.3 Å². The highest BCUT2D eigenvalue weighted by atomic mass is 16.7. The largest absolute Gasteiger partial charge is 0.468 e. The number of carbonyl (C=O) groups excluding carboxylic acids is 5. The summed E-state index contributed by atoms with van der Waals surface area (Å²) in [6, 6.07) is 0. The molecule has 0 aliphatic carbocycles. The zero-order valence-corrected chi connectivity index (χ0v) is 19.1. The number of carbonyl (C=O) groups is 5. The van der Waals surface area contributed by atoms with E-state index in [0.29, 0.717) is 0 Å². The van der Waals surface area contributed by atoms with Gasteiger partial charge in [0.15, 0.2) is 12.2 Å². The maximum atomic E-state index is 11.9. The minimum absolute atomic E-state index is 0.229. The van der Waals surface area contributed by atoms with Crippen LogP contribution in [0.4, 0.5) is 0 Å². The van der Waals surface area contributed by atoms with Gasteiger partial charge in [0.25, 0.3) is 0 Å². The van der Waals surface area contributed by atoms with E-state index in [1.165, 1.54) is 0 Å². The molecule has 1 aliphatic heterocycles. The Labute approximate surface area is 193 Å². The first kappa shape index (κ1) is 28.2. The molecule has 0 radical (unpaired) electrons. The lowest BCUT2D eigenvalue weighted by Crippen LogP contribution is -2.62. The molecule has 0 aromatic heterocycles. The van der Waals surface area contributed by atoms with Gasteiger partial charge in [-0.05, 0) is 5.53 Å². The lowest BCUT2D eigenvalue weighted by atomic mass is 9.98. The van der Waals surface area contributed by atoms with Gasteiger partial charge in [0.05, 0.1) is 25.5 Å². The molecule has 34 heavy (non-hydrogen) atoms. The van der Waals surface area contributed by atoms with Crippen molar-refractivity contribution >= 4 is 29.8 Å². The van der Waals surface area contributed by atoms with Gasteiger partial charge in [-0.2, -0.15) is 0 Å². The van der Waals surface area contributed by atoms with Crippen LogP contribution in [0.5, 0.6) is 0 Å². The zero-order chi connectivity index (χ0) is 25.8. The van der Waals surface area contributed by atoms with E-state index in [1.807, 2.05) is 0 Å². The van der Waals surface area contributed by atoms with E-state index in [2.05, 4.69) is 14.8 Å². The molecule has 1 fully saturated rings. The molecule has 0 unspecified atom stereocenters. The molecule has 0 amide bonds. The fourth-order valence-electron chi connectivity index (χ4n) is 2.84. The number of rotatable bonds is 10. The molecule has 15 heteroatoms. The molecular formula is C19H25N3O12. The highest BCUT2D eigenvalue weighted by Crippen LogP contribution is 2.30. The summed E-state index contributed by atoms with van der Waals surface area (Å²) in [7, 11) is 1.08. The first-order chi connectivity index (χ1) is 16.0. The van der Waals surface area contributed by atoms with E-state index >= 15 is 0 Å². The Morgan fingerprint density at radius 2 is 1.47 bits per heavy atom. The molecule has 188 valence electrons. The third-order valence-electron chi connectivity index (χ3n) is 4.04. The average Bonchev–Trinajstić information content (AvgIpc) is 2.74. The highest BCUT2D eigenvalue weighted by Gasteiger charge is 2.53. The van der Waals surface area contributed by atoms with Gasteiger partial charge in [-0.25, -0.2) is 4.79 Å². The number of hydrogen-bond donors (Lipinski definition) is 0. The fraction of sp³-hybridized carbons (Fsp3) is 0.632. The van der Waals surface area contributed by atoms with Crippen LogP contribution < -0.4 is 0 Å². The zero-order valence-electron chi connectivity index (χ0n) is 19.1. The van der Waals surface area contributed by atoms with E-state index in [0.717, 1.165) is 41.1 Å². The molecule has 1 rings (SSSR count). The molecule has 0 spiro atoms. The van der Waals surface area contributed by atoms with Crippen LogP contribution in [0.25, 0.3) is 10.4 Å². The Balaban J connectivity index is 3.44. The number of nitrogens with zero attached hydrogens (tertiary/aromatic N) is 3. The average molecular weight is 487 g/mol. The summed E-state index contributed by atoms with van der Waals surface area (Å²) in [6.07, 6.45) is -6.24. The second kappa shape index (κ2) is 13.6. The predicted molar refractivity (Wildman–Crippen MR) is 107 cm³/mol. The lowest BCUT2D eigenvalue weighted by Gasteiger charge is -2.43. The van der Waals surface area contributed by atoms with E-state index in [-0.39, 0.29) is 5.57 Å². The number of ether oxygens (including phenoxy) is 7. The third kappa shape index (κ3) is 8.96. The number of esters is 5. The van der Waals surface area contributed by atoms with Crippen molar-refractivity contribution in [2.45, 2.75) is 58.4 Å². The van der Waals surface area contributed by atoms with E-state index in [1.54, 1.807) is 0 Å². The second-order valence-electron chi connectivity index (χ2n) is 6.73. The van der Waals surface area contributed by atoms with E-state index < -0.39 is 73.7 Å². The van der Waals surface area contributed by atoms with Gasteiger partial charge in [-0.3, -0.25) is 19.2 Å². The Morgan fingerprint density at radius 1 is 0.912 bits per heavy atom. The standard InChI is InChI=1S/C19H25N3O12/c1-9(23)29-8-14-15(31-10(2)24)16(32-11(3)25)17(33-12(4)26)19(34-14)30-7-13(6-21-22-20)18(27)28-5/h7,14-17,19H,6,8H2,1-5H3/b13-7-/t14-,15-,16+,17-,19-/m1/s1. The fourth-order valence-corrected chi connectivity index (χ4v) is 2.84. The Bertz CT molecular complexity index is 867. The maximum absolute atomic E-state index is 11.9. The van der Waals surface area contributed by atoms with Gasteiger partial charge in [-0.1, -0.05) is 5.11 Å². The molecular weight excluding hydrogens is 462 g/mol. The van der Waals surface area contributed by atoms with Crippen molar-refractivity contribution in [2.24, 2.45) is 5.11 Å². The SMILES string of the molecule is COC(=O)/C(=C\O[C@@H]1O[C@H](COC(C)=O)[C@@H](OC(C)=O)[C@H](OC(C)=O)[C@H]1OC(C)=O)CN=[N+]=[N-]. The summed E-state index contributed by atoms with van der Waals surface area (Å²) in [4.78, 5) is 61.0. The van der Waals surface area contributed by atoms with E-state index in [9.17, 15) is 24.0 Å². The summed E-state index contributed by atoms with van der Waals surface area (Å²) in [5.74, 6) is -4.01. The van der Waals surface area contributed by atoms with Gasteiger partial charge in [0.2, 0.25) is 12.4 Å². The second-order valence-corrected chi connectivity index (χ2v) is 6.73. The molecule has 1 saturated heterocycles. The molecule has 0 aromatic carbocycles. The van der Waals surface area contributed by atoms with Crippen LogP contribution in [0.1, 0.15) is 27.7 Å². The van der Waals surface area contributed by atoms with Crippen molar-refractivity contribution < 1.29 is 57.1 Å². The van der Waals surface area contributed by atoms with Crippen molar-refractivity contribution in [1.29, 1.82) is 0 Å². The molecule has 0 N–H and O–H groups in total. The van der Waals surface area contributed by atoms with Crippen molar-refractivity contribution in [3.63, 3.8) is 0 Å². The number of hydrogen-bond acceptors (Lipinski definition) is 13. The molecule has 1 aliphatic rings. The van der Waals surface area contributed by atoms with Crippen LogP contribution in [0.2, 0.25) is 0 Å². The van der Waals surface area contributed by atoms with Gasteiger partial charge >= 0.3 is 29.8 Å². The van der Waals surface area contributed by atoms with Crippen LogP contribution in [0.3, 0.4) is 0 Å². The monoisotopic (exact) mass is 487 g/mol. The quantitative estimate of drug-likeness (QED) is 0.0785. The maximum Gasteiger partial charge on any atom is 0.336 e. The summed E-state index contributed by atoms with van der Waals surface area (Å²) in [5.41, 5.74) is 8.28. The van der Waals surface area contributed by atoms with Crippen LogP contribution in [-0.2, 0) is 57.1 Å². The van der Waals surface area contributed by atoms with Crippen LogP contribution >= 0.6 is 0 Å². The van der Waals surface area contributed by atoms with Crippen LogP contribution in [0.15, 0.2) is 16.9 Å². The van der Waals surface area contributed by atoms with Crippen molar-refractivity contribution in [3.8, 4) is 0 Å². The van der Waals surface area contributed by atoms with Gasteiger partial charge in [0.1, 0.15) is 12.7 Å². The van der Waals surface area contributed by atoms with Crippen LogP contribution in [-0.4, -0.2) is 80.8 Å². The Hall–Kier alpha value is -3.84. The normalized spacial score (nSPS) is 24.0. The summed E-state index contributed by atoms with van der Waals surface area (Å²) in [6.45, 7) is 3.43. The topological polar surface area (TPSA) is 199 Å².